The third kappa shape index (κ3) is 3.15. The van der Waals surface area contributed by atoms with E-state index in [4.69, 9.17) is 0 Å². The molecule has 2 atom stereocenters. The lowest BCUT2D eigenvalue weighted by Crippen LogP contribution is -2.47. The third-order valence-electron chi connectivity index (χ3n) is 6.97. The number of hydrogen-bond acceptors (Lipinski definition) is 6. The highest BCUT2D eigenvalue weighted by atomic mass is 19.1. The summed E-state index contributed by atoms with van der Waals surface area (Å²) in [6.45, 7) is 0. The molecule has 2 saturated heterocycles. The van der Waals surface area contributed by atoms with Gasteiger partial charge in [0.15, 0.2) is 5.82 Å². The highest BCUT2D eigenvalue weighted by Crippen LogP contribution is 2.36. The standard InChI is InChI=1S/C23H25FN8/c1-31-12-13(10-26-31)22-18-11-25-30-23(18)17(9-19(22)24)20-5-6-21(29-28-20)32(2)16-7-14-3-4-15(8-16)27-14/h5-6,9-12,14-16,27H,3-4,7-8H2,1-2H3,(H,25,30). The van der Waals surface area contributed by atoms with Crippen LogP contribution in [0.1, 0.15) is 25.7 Å². The van der Waals surface area contributed by atoms with Crippen molar-refractivity contribution in [1.29, 1.82) is 0 Å². The van der Waals surface area contributed by atoms with Crippen molar-refractivity contribution in [2.24, 2.45) is 7.05 Å². The first-order valence-electron chi connectivity index (χ1n) is 11.0. The van der Waals surface area contributed by atoms with Crippen LogP contribution in [0.25, 0.3) is 33.3 Å². The van der Waals surface area contributed by atoms with Crippen LogP contribution < -0.4 is 10.2 Å². The van der Waals surface area contributed by atoms with Crippen LogP contribution in [0.5, 0.6) is 0 Å². The van der Waals surface area contributed by atoms with E-state index in [1.807, 2.05) is 19.2 Å². The van der Waals surface area contributed by atoms with Gasteiger partial charge in [0.25, 0.3) is 0 Å². The molecule has 2 fully saturated rings. The van der Waals surface area contributed by atoms with Gasteiger partial charge in [-0.25, -0.2) is 4.39 Å². The van der Waals surface area contributed by atoms with Crippen LogP contribution in [0.15, 0.2) is 36.8 Å². The minimum atomic E-state index is -0.338. The molecule has 6 rings (SSSR count). The predicted octanol–water partition coefficient (Wildman–Crippen LogP) is 3.28. The second-order valence-electron chi connectivity index (χ2n) is 8.99. The predicted molar refractivity (Wildman–Crippen MR) is 121 cm³/mol. The zero-order valence-electron chi connectivity index (χ0n) is 18.1. The van der Waals surface area contributed by atoms with Gasteiger partial charge in [-0.3, -0.25) is 9.78 Å². The Bertz CT molecular complexity index is 1270. The Labute approximate surface area is 184 Å². The van der Waals surface area contributed by atoms with E-state index in [0.717, 1.165) is 24.2 Å². The van der Waals surface area contributed by atoms with E-state index in [9.17, 15) is 0 Å². The van der Waals surface area contributed by atoms with Crippen molar-refractivity contribution in [3.8, 4) is 22.4 Å². The van der Waals surface area contributed by atoms with Crippen LogP contribution >= 0.6 is 0 Å². The van der Waals surface area contributed by atoms with Crippen LogP contribution in [-0.4, -0.2) is 55.3 Å². The second-order valence-corrected chi connectivity index (χ2v) is 8.99. The molecule has 0 saturated carbocycles. The molecule has 2 bridgehead atoms. The summed E-state index contributed by atoms with van der Waals surface area (Å²) >= 11 is 0. The number of aromatic amines is 1. The summed E-state index contributed by atoms with van der Waals surface area (Å²) in [5.41, 5.74) is 3.18. The molecular formula is C23H25FN8. The molecule has 1 aromatic carbocycles. The maximum absolute atomic E-state index is 15.2. The molecule has 5 heterocycles. The maximum Gasteiger partial charge on any atom is 0.151 e. The monoisotopic (exact) mass is 432 g/mol. The van der Waals surface area contributed by atoms with Crippen molar-refractivity contribution in [2.75, 3.05) is 11.9 Å². The smallest absolute Gasteiger partial charge is 0.151 e. The summed E-state index contributed by atoms with van der Waals surface area (Å²) < 4.78 is 16.9. The molecule has 3 aromatic heterocycles. The topological polar surface area (TPSA) is 87.6 Å². The number of H-pyrrole nitrogens is 1. The number of anilines is 1. The first-order valence-corrected chi connectivity index (χ1v) is 11.0. The normalized spacial score (nSPS) is 22.5. The van der Waals surface area contributed by atoms with Crippen LogP contribution in [0, 0.1) is 5.82 Å². The van der Waals surface area contributed by atoms with Crippen LogP contribution in [0.3, 0.4) is 0 Å². The van der Waals surface area contributed by atoms with Crippen molar-refractivity contribution in [3.05, 3.63) is 42.6 Å². The fourth-order valence-electron chi connectivity index (χ4n) is 5.31. The molecule has 8 nitrogen and oxygen atoms in total. The Hall–Kier alpha value is -3.33. The molecule has 2 unspecified atom stereocenters. The van der Waals surface area contributed by atoms with Crippen LogP contribution in [0.4, 0.5) is 10.2 Å². The average Bonchev–Trinajstić information content (AvgIpc) is 3.53. The zero-order valence-corrected chi connectivity index (χ0v) is 18.1. The molecule has 2 aliphatic heterocycles. The highest BCUT2D eigenvalue weighted by Gasteiger charge is 2.35. The van der Waals surface area contributed by atoms with Gasteiger partial charge in [0, 0.05) is 60.5 Å². The zero-order chi connectivity index (χ0) is 21.8. The molecular weight excluding hydrogens is 407 g/mol. The Morgan fingerprint density at radius 2 is 1.94 bits per heavy atom. The maximum atomic E-state index is 15.2. The summed E-state index contributed by atoms with van der Waals surface area (Å²) in [4.78, 5) is 2.24. The van der Waals surface area contributed by atoms with Gasteiger partial charge >= 0.3 is 0 Å². The van der Waals surface area contributed by atoms with E-state index in [2.05, 4.69) is 42.8 Å². The van der Waals surface area contributed by atoms with Gasteiger partial charge in [-0.15, -0.1) is 10.2 Å². The molecule has 0 aliphatic carbocycles. The molecule has 0 radical (unpaired) electrons. The van der Waals surface area contributed by atoms with Crippen molar-refractivity contribution in [3.63, 3.8) is 0 Å². The largest absolute Gasteiger partial charge is 0.355 e. The fourth-order valence-corrected chi connectivity index (χ4v) is 5.31. The van der Waals surface area contributed by atoms with E-state index in [1.54, 1.807) is 23.3 Å². The molecule has 2 N–H and O–H groups in total. The Kier molecular flexibility index (Phi) is 4.46. The van der Waals surface area contributed by atoms with E-state index in [-0.39, 0.29) is 5.82 Å². The highest BCUT2D eigenvalue weighted by molar-refractivity contribution is 6.02. The number of rotatable bonds is 4. The summed E-state index contributed by atoms with van der Waals surface area (Å²) in [5, 5.41) is 24.7. The van der Waals surface area contributed by atoms with Crippen LogP contribution in [0.2, 0.25) is 0 Å². The molecule has 164 valence electrons. The molecule has 4 aromatic rings. The number of piperidine rings is 1. The average molecular weight is 433 g/mol. The first kappa shape index (κ1) is 19.4. The van der Waals surface area contributed by atoms with Gasteiger partial charge in [0.2, 0.25) is 0 Å². The molecule has 9 heteroatoms. The first-order chi connectivity index (χ1) is 15.6. The number of hydrogen-bond donors (Lipinski definition) is 2. The minimum Gasteiger partial charge on any atom is -0.355 e. The Balaban J connectivity index is 1.33. The molecule has 0 spiro atoms. The van der Waals surface area contributed by atoms with Crippen molar-refractivity contribution in [2.45, 2.75) is 43.8 Å². The van der Waals surface area contributed by atoms with E-state index in [0.29, 0.717) is 45.9 Å². The summed E-state index contributed by atoms with van der Waals surface area (Å²) in [6.07, 6.45) is 9.88. The van der Waals surface area contributed by atoms with Gasteiger partial charge in [0.1, 0.15) is 5.82 Å². The van der Waals surface area contributed by atoms with Crippen molar-refractivity contribution in [1.82, 2.24) is 35.5 Å². The number of fused-ring (bicyclic) bond motifs is 3. The third-order valence-corrected chi connectivity index (χ3v) is 6.97. The lowest BCUT2D eigenvalue weighted by molar-refractivity contribution is 0.353. The number of aromatic nitrogens is 6. The van der Waals surface area contributed by atoms with Crippen molar-refractivity contribution >= 4 is 16.7 Å². The number of nitrogens with one attached hydrogen (secondary N) is 2. The summed E-state index contributed by atoms with van der Waals surface area (Å²) in [7, 11) is 3.90. The number of benzene rings is 1. The van der Waals surface area contributed by atoms with Crippen LogP contribution in [-0.2, 0) is 7.05 Å². The van der Waals surface area contributed by atoms with Crippen molar-refractivity contribution < 1.29 is 4.39 Å². The van der Waals surface area contributed by atoms with Gasteiger partial charge in [0.05, 0.1) is 23.6 Å². The summed E-state index contributed by atoms with van der Waals surface area (Å²) in [6, 6.07) is 7.08. The number of halogens is 1. The Morgan fingerprint density at radius 3 is 2.62 bits per heavy atom. The number of aryl methyl sites for hydroxylation is 1. The van der Waals surface area contributed by atoms with Gasteiger partial charge in [-0.05, 0) is 43.9 Å². The van der Waals surface area contributed by atoms with Gasteiger partial charge in [-0.2, -0.15) is 10.2 Å². The van der Waals surface area contributed by atoms with Gasteiger partial charge in [-0.1, -0.05) is 0 Å². The lowest BCUT2D eigenvalue weighted by Gasteiger charge is -2.36. The lowest BCUT2D eigenvalue weighted by atomic mass is 9.98. The van der Waals surface area contributed by atoms with E-state index < -0.39 is 0 Å². The molecule has 2 aliphatic rings. The molecule has 32 heavy (non-hydrogen) atoms. The van der Waals surface area contributed by atoms with E-state index >= 15 is 4.39 Å². The minimum absolute atomic E-state index is 0.338. The fraction of sp³-hybridized carbons (Fsp3) is 0.391. The summed E-state index contributed by atoms with van der Waals surface area (Å²) in [5.74, 6) is 0.503. The van der Waals surface area contributed by atoms with E-state index in [1.165, 1.54) is 18.9 Å². The SMILES string of the molecule is CN(c1ccc(-c2cc(F)c(-c3cnn(C)c3)c3cn[nH]c23)nn1)C1CC2CCC(C1)N2. The van der Waals surface area contributed by atoms with Gasteiger partial charge < -0.3 is 10.2 Å². The Morgan fingerprint density at radius 1 is 1.12 bits per heavy atom. The molecule has 0 amide bonds. The number of nitrogens with zero attached hydrogens (tertiary/aromatic N) is 6. The second kappa shape index (κ2) is 7.37. The quantitative estimate of drug-likeness (QED) is 0.515.